The quantitative estimate of drug-likeness (QED) is 0.274. The van der Waals surface area contributed by atoms with Crippen LogP contribution in [0.1, 0.15) is 35.1 Å². The minimum absolute atomic E-state index is 0.0145. The molecule has 0 aliphatic heterocycles. The van der Waals surface area contributed by atoms with E-state index in [2.05, 4.69) is 24.3 Å². The van der Waals surface area contributed by atoms with E-state index in [0.717, 1.165) is 22.0 Å². The molecule has 36 heavy (non-hydrogen) atoms. The second-order valence-electron chi connectivity index (χ2n) is 8.78. The zero-order chi connectivity index (χ0) is 24.9. The maximum Gasteiger partial charge on any atom is 0.325 e. The lowest BCUT2D eigenvalue weighted by Gasteiger charge is -2.20. The Hall–Kier alpha value is -4.38. The summed E-state index contributed by atoms with van der Waals surface area (Å²) in [5, 5.41) is 1.02. The molecular formula is C31H28N2O3. The van der Waals surface area contributed by atoms with Crippen LogP contribution in [0.5, 0.6) is 0 Å². The molecule has 0 fully saturated rings. The Morgan fingerprint density at radius 3 is 2.14 bits per heavy atom. The molecule has 0 saturated carbocycles. The summed E-state index contributed by atoms with van der Waals surface area (Å²) in [6.45, 7) is 2.75. The fourth-order valence-electron chi connectivity index (χ4n) is 4.80. The van der Waals surface area contributed by atoms with Gasteiger partial charge in [-0.05, 0) is 41.3 Å². The zero-order valence-electron chi connectivity index (χ0n) is 20.2. The Labute approximate surface area is 210 Å². The van der Waals surface area contributed by atoms with Crippen LogP contribution in [0, 0.1) is 0 Å². The van der Waals surface area contributed by atoms with Crippen LogP contribution in [0.25, 0.3) is 10.9 Å². The van der Waals surface area contributed by atoms with E-state index in [-0.39, 0.29) is 24.0 Å². The van der Waals surface area contributed by atoms with E-state index in [1.165, 1.54) is 11.1 Å². The minimum atomic E-state index is -0.266. The van der Waals surface area contributed by atoms with Gasteiger partial charge in [-0.25, -0.2) is 0 Å². The van der Waals surface area contributed by atoms with Gasteiger partial charge in [-0.2, -0.15) is 0 Å². The highest BCUT2D eigenvalue weighted by atomic mass is 16.5. The van der Waals surface area contributed by atoms with Gasteiger partial charge in [0.05, 0.1) is 13.2 Å². The van der Waals surface area contributed by atoms with Gasteiger partial charge in [0.15, 0.2) is 0 Å². The van der Waals surface area contributed by atoms with Crippen molar-refractivity contribution in [1.29, 1.82) is 0 Å². The number of esters is 1. The van der Waals surface area contributed by atoms with Crippen molar-refractivity contribution in [2.24, 2.45) is 0 Å². The first-order chi connectivity index (χ1) is 17.6. The van der Waals surface area contributed by atoms with Gasteiger partial charge in [-0.1, -0.05) is 78.9 Å². The number of rotatable bonds is 8. The van der Waals surface area contributed by atoms with Crippen LogP contribution in [-0.2, 0) is 22.6 Å². The molecule has 0 saturated heterocycles. The third kappa shape index (κ3) is 4.86. The second kappa shape index (κ2) is 10.5. The molecule has 0 N–H and O–H groups in total. The average molecular weight is 477 g/mol. The number of hydrogen-bond donors (Lipinski definition) is 0. The first-order valence-electron chi connectivity index (χ1n) is 12.2. The van der Waals surface area contributed by atoms with Gasteiger partial charge in [0, 0.05) is 35.3 Å². The van der Waals surface area contributed by atoms with Gasteiger partial charge in [0.2, 0.25) is 0 Å². The molecule has 0 unspecified atom stereocenters. The molecule has 0 bridgehead atoms. The summed E-state index contributed by atoms with van der Waals surface area (Å²) in [4.78, 5) is 24.9. The number of carbonyl (C=O) groups excluding carboxylic acids is 1. The number of pyridine rings is 1. The fraction of sp³-hybridized carbons (Fsp3) is 0.161. The summed E-state index contributed by atoms with van der Waals surface area (Å²) >= 11 is 0. The van der Waals surface area contributed by atoms with Crippen LogP contribution < -0.4 is 5.56 Å². The number of nitrogens with zero attached hydrogens (tertiary/aromatic N) is 2. The Balaban J connectivity index is 1.52. The molecule has 5 heteroatoms. The largest absolute Gasteiger partial charge is 0.465 e. The summed E-state index contributed by atoms with van der Waals surface area (Å²) in [6.07, 6.45) is 3.87. The third-order valence-electron chi connectivity index (χ3n) is 6.45. The molecule has 0 atom stereocenters. The molecule has 0 amide bonds. The lowest BCUT2D eigenvalue weighted by molar-refractivity contribution is -0.143. The monoisotopic (exact) mass is 476 g/mol. The van der Waals surface area contributed by atoms with Crippen molar-refractivity contribution < 1.29 is 9.53 Å². The Kier molecular flexibility index (Phi) is 6.80. The van der Waals surface area contributed by atoms with Crippen molar-refractivity contribution in [2.75, 3.05) is 6.61 Å². The molecule has 0 aliphatic rings. The fourth-order valence-corrected chi connectivity index (χ4v) is 4.80. The van der Waals surface area contributed by atoms with Crippen LogP contribution in [0.15, 0.2) is 114 Å². The van der Waals surface area contributed by atoms with E-state index in [1.807, 2.05) is 83.7 Å². The molecule has 2 heterocycles. The molecule has 3 aromatic carbocycles. The molecule has 5 aromatic rings. The highest BCUT2D eigenvalue weighted by Gasteiger charge is 2.18. The van der Waals surface area contributed by atoms with Gasteiger partial charge in [-0.15, -0.1) is 0 Å². The maximum absolute atomic E-state index is 12.9. The Bertz CT molecular complexity index is 1500. The third-order valence-corrected chi connectivity index (χ3v) is 6.45. The van der Waals surface area contributed by atoms with Crippen molar-refractivity contribution in [3.05, 3.63) is 142 Å². The number of fused-ring (bicyclic) bond motifs is 1. The first-order valence-corrected chi connectivity index (χ1v) is 12.2. The van der Waals surface area contributed by atoms with Crippen LogP contribution in [0.2, 0.25) is 0 Å². The summed E-state index contributed by atoms with van der Waals surface area (Å²) in [5.74, 6) is -0.252. The molecule has 0 radical (unpaired) electrons. The standard InChI is InChI=1S/C31H28N2O3/c1-2-36-30(35)22-32-19-18-27-25(14-9-15-28(27)32)20-33-21-26(16-17-29(33)34)31(23-10-5-3-6-11-23)24-12-7-4-8-13-24/h3-19,21,31H,2,20,22H2,1H3. The normalized spacial score (nSPS) is 11.2. The predicted molar refractivity (Wildman–Crippen MR) is 142 cm³/mol. The van der Waals surface area contributed by atoms with Crippen molar-refractivity contribution >= 4 is 16.9 Å². The van der Waals surface area contributed by atoms with Gasteiger partial charge in [0.25, 0.3) is 5.56 Å². The predicted octanol–water partition coefficient (Wildman–Crippen LogP) is 5.59. The molecular weight excluding hydrogens is 448 g/mol. The van der Waals surface area contributed by atoms with Gasteiger partial charge in [0.1, 0.15) is 6.54 Å². The van der Waals surface area contributed by atoms with Crippen LogP contribution in [-0.4, -0.2) is 21.7 Å². The topological polar surface area (TPSA) is 53.2 Å². The highest BCUT2D eigenvalue weighted by molar-refractivity contribution is 5.85. The number of carbonyl (C=O) groups is 1. The van der Waals surface area contributed by atoms with Crippen LogP contribution in [0.4, 0.5) is 0 Å². The van der Waals surface area contributed by atoms with Crippen molar-refractivity contribution in [2.45, 2.75) is 25.9 Å². The molecule has 0 spiro atoms. The maximum atomic E-state index is 12.9. The number of hydrogen-bond acceptors (Lipinski definition) is 3. The average Bonchev–Trinajstić information content (AvgIpc) is 3.31. The molecule has 5 nitrogen and oxygen atoms in total. The number of ether oxygens (including phenoxy) is 1. The van der Waals surface area contributed by atoms with Crippen molar-refractivity contribution in [3.63, 3.8) is 0 Å². The lowest BCUT2D eigenvalue weighted by Crippen LogP contribution is -2.21. The summed E-state index contributed by atoms with van der Waals surface area (Å²) < 4.78 is 8.76. The minimum Gasteiger partial charge on any atom is -0.465 e. The van der Waals surface area contributed by atoms with Gasteiger partial charge in [-0.3, -0.25) is 9.59 Å². The van der Waals surface area contributed by atoms with Gasteiger partial charge >= 0.3 is 5.97 Å². The van der Waals surface area contributed by atoms with E-state index >= 15 is 0 Å². The molecule has 180 valence electrons. The van der Waals surface area contributed by atoms with Crippen LogP contribution in [0.3, 0.4) is 0 Å². The zero-order valence-corrected chi connectivity index (χ0v) is 20.2. The first kappa shape index (κ1) is 23.4. The second-order valence-corrected chi connectivity index (χ2v) is 8.78. The highest BCUT2D eigenvalue weighted by Crippen LogP contribution is 2.31. The van der Waals surface area contributed by atoms with Crippen molar-refractivity contribution in [1.82, 2.24) is 9.13 Å². The van der Waals surface area contributed by atoms with E-state index in [9.17, 15) is 9.59 Å². The van der Waals surface area contributed by atoms with Gasteiger partial charge < -0.3 is 13.9 Å². The summed E-state index contributed by atoms with van der Waals surface area (Å²) in [5.41, 5.74) is 5.31. The van der Waals surface area contributed by atoms with E-state index < -0.39 is 0 Å². The molecule has 2 aromatic heterocycles. The smallest absolute Gasteiger partial charge is 0.325 e. The number of benzene rings is 3. The van der Waals surface area contributed by atoms with E-state index in [0.29, 0.717) is 13.2 Å². The van der Waals surface area contributed by atoms with E-state index in [1.54, 1.807) is 17.6 Å². The lowest BCUT2D eigenvalue weighted by atomic mass is 9.86. The Morgan fingerprint density at radius 1 is 0.778 bits per heavy atom. The van der Waals surface area contributed by atoms with E-state index in [4.69, 9.17) is 4.74 Å². The SMILES string of the molecule is CCOC(=O)Cn1ccc2c(Cn3cc(C(c4ccccc4)c4ccccc4)ccc3=O)cccc21. The Morgan fingerprint density at radius 2 is 1.47 bits per heavy atom. The molecule has 5 rings (SSSR count). The van der Waals surface area contributed by atoms with Crippen molar-refractivity contribution in [3.8, 4) is 0 Å². The summed E-state index contributed by atoms with van der Waals surface area (Å²) in [7, 11) is 0. The number of aromatic nitrogens is 2. The van der Waals surface area contributed by atoms with Crippen LogP contribution >= 0.6 is 0 Å². The molecule has 0 aliphatic carbocycles. The summed E-state index contributed by atoms with van der Waals surface area (Å²) in [6, 6.07) is 32.3.